The van der Waals surface area contributed by atoms with Gasteiger partial charge in [-0.1, -0.05) is 0 Å². The molecule has 0 amide bonds. The van der Waals surface area contributed by atoms with Gasteiger partial charge in [-0.05, 0) is 38.1 Å². The van der Waals surface area contributed by atoms with Crippen LogP contribution in [0.1, 0.15) is 17.1 Å². The lowest BCUT2D eigenvalue weighted by Gasteiger charge is -2.04. The summed E-state index contributed by atoms with van der Waals surface area (Å²) in [4.78, 5) is 19.6. The summed E-state index contributed by atoms with van der Waals surface area (Å²) in [6, 6.07) is 6.25. The van der Waals surface area contributed by atoms with E-state index in [1.807, 2.05) is 6.92 Å². The number of nitrogens with one attached hydrogen (secondary N) is 1. The van der Waals surface area contributed by atoms with Crippen LogP contribution in [0, 0.1) is 19.7 Å². The van der Waals surface area contributed by atoms with E-state index in [4.69, 9.17) is 0 Å². The normalized spacial score (nSPS) is 10.6. The lowest BCUT2D eigenvalue weighted by Crippen LogP contribution is -2.15. The van der Waals surface area contributed by atoms with Crippen molar-refractivity contribution in [1.82, 2.24) is 9.97 Å². The predicted octanol–water partition coefficient (Wildman–Crippen LogP) is 2.82. The lowest BCUT2D eigenvalue weighted by atomic mass is 10.3. The molecule has 1 heterocycles. The maximum absolute atomic E-state index is 12.7. The number of aryl methyl sites for hydroxylation is 1. The van der Waals surface area contributed by atoms with E-state index in [0.717, 1.165) is 10.6 Å². The molecule has 94 valence electrons. The molecule has 5 heteroatoms. The van der Waals surface area contributed by atoms with Crippen molar-refractivity contribution < 1.29 is 4.39 Å². The zero-order chi connectivity index (χ0) is 13.1. The second kappa shape index (κ2) is 5.35. The van der Waals surface area contributed by atoms with Crippen LogP contribution in [0.5, 0.6) is 0 Å². The second-order valence-electron chi connectivity index (χ2n) is 3.97. The van der Waals surface area contributed by atoms with Gasteiger partial charge in [-0.3, -0.25) is 4.79 Å². The van der Waals surface area contributed by atoms with Gasteiger partial charge < -0.3 is 4.98 Å². The molecule has 18 heavy (non-hydrogen) atoms. The molecular formula is C13H13FN2OS. The Morgan fingerprint density at radius 3 is 2.56 bits per heavy atom. The Bertz CT molecular complexity index is 607. The molecule has 0 saturated heterocycles. The predicted molar refractivity (Wildman–Crippen MR) is 70.3 cm³/mol. The molecule has 0 spiro atoms. The summed E-state index contributed by atoms with van der Waals surface area (Å²) in [5, 5.41) is 0. The van der Waals surface area contributed by atoms with Gasteiger partial charge in [-0.2, -0.15) is 0 Å². The third-order valence-corrected chi connectivity index (χ3v) is 3.66. The van der Waals surface area contributed by atoms with Crippen LogP contribution >= 0.6 is 11.8 Å². The summed E-state index contributed by atoms with van der Waals surface area (Å²) in [6.07, 6.45) is 0. The minimum absolute atomic E-state index is 0.0998. The summed E-state index contributed by atoms with van der Waals surface area (Å²) >= 11 is 1.51. The Labute approximate surface area is 108 Å². The Kier molecular flexibility index (Phi) is 3.81. The standard InChI is InChI=1S/C13H13FN2OS/c1-8-9(2)15-12(16-13(8)17)7-18-11-5-3-10(14)4-6-11/h3-6H,7H2,1-2H3,(H,15,16,17). The number of aromatic nitrogens is 2. The molecule has 1 aromatic carbocycles. The average molecular weight is 264 g/mol. The van der Waals surface area contributed by atoms with Crippen molar-refractivity contribution in [3.05, 3.63) is 57.5 Å². The number of halogens is 1. The van der Waals surface area contributed by atoms with Gasteiger partial charge in [-0.15, -0.1) is 11.8 Å². The van der Waals surface area contributed by atoms with E-state index in [-0.39, 0.29) is 11.4 Å². The van der Waals surface area contributed by atoms with Crippen molar-refractivity contribution in [2.24, 2.45) is 0 Å². The van der Waals surface area contributed by atoms with Gasteiger partial charge in [0, 0.05) is 16.2 Å². The summed E-state index contributed by atoms with van der Waals surface area (Å²) in [6.45, 7) is 3.56. The van der Waals surface area contributed by atoms with Crippen LogP contribution in [0.2, 0.25) is 0 Å². The Balaban J connectivity index is 2.11. The maximum Gasteiger partial charge on any atom is 0.254 e. The fraction of sp³-hybridized carbons (Fsp3) is 0.231. The topological polar surface area (TPSA) is 45.8 Å². The number of benzene rings is 1. The molecule has 0 aliphatic rings. The van der Waals surface area contributed by atoms with E-state index in [1.165, 1.54) is 23.9 Å². The van der Waals surface area contributed by atoms with Crippen LogP contribution in [0.4, 0.5) is 4.39 Å². The molecule has 0 radical (unpaired) electrons. The van der Waals surface area contributed by atoms with Crippen molar-refractivity contribution in [3.63, 3.8) is 0 Å². The van der Waals surface area contributed by atoms with E-state index < -0.39 is 0 Å². The molecule has 1 N–H and O–H groups in total. The number of thioether (sulfide) groups is 1. The SMILES string of the molecule is Cc1nc(CSc2ccc(F)cc2)[nH]c(=O)c1C. The smallest absolute Gasteiger partial charge is 0.254 e. The highest BCUT2D eigenvalue weighted by atomic mass is 32.2. The van der Waals surface area contributed by atoms with Gasteiger partial charge in [0.1, 0.15) is 11.6 Å². The van der Waals surface area contributed by atoms with E-state index in [9.17, 15) is 9.18 Å². The van der Waals surface area contributed by atoms with Crippen molar-refractivity contribution in [2.45, 2.75) is 24.5 Å². The van der Waals surface area contributed by atoms with Crippen molar-refractivity contribution in [1.29, 1.82) is 0 Å². The molecule has 2 aromatic rings. The molecule has 1 aromatic heterocycles. The zero-order valence-corrected chi connectivity index (χ0v) is 11.0. The number of aromatic amines is 1. The van der Waals surface area contributed by atoms with Crippen LogP contribution in [0.25, 0.3) is 0 Å². The summed E-state index contributed by atoms with van der Waals surface area (Å²) in [7, 11) is 0. The maximum atomic E-state index is 12.7. The second-order valence-corrected chi connectivity index (χ2v) is 5.01. The molecule has 0 fully saturated rings. The van der Waals surface area contributed by atoms with Crippen LogP contribution < -0.4 is 5.56 Å². The van der Waals surface area contributed by atoms with Gasteiger partial charge in [-0.25, -0.2) is 9.37 Å². The fourth-order valence-electron chi connectivity index (χ4n) is 1.45. The molecule has 3 nitrogen and oxygen atoms in total. The largest absolute Gasteiger partial charge is 0.310 e. The highest BCUT2D eigenvalue weighted by Crippen LogP contribution is 2.21. The minimum atomic E-state index is -0.253. The number of nitrogens with zero attached hydrogens (tertiary/aromatic N) is 1. The molecule has 0 bridgehead atoms. The molecule has 0 unspecified atom stereocenters. The van der Waals surface area contributed by atoms with Crippen molar-refractivity contribution in [3.8, 4) is 0 Å². The summed E-state index contributed by atoms with van der Waals surface area (Å²) < 4.78 is 12.7. The van der Waals surface area contributed by atoms with Gasteiger partial charge in [0.05, 0.1) is 5.75 Å². The van der Waals surface area contributed by atoms with Crippen LogP contribution in [0.15, 0.2) is 34.0 Å². The highest BCUT2D eigenvalue weighted by Gasteiger charge is 2.04. The quantitative estimate of drug-likeness (QED) is 0.867. The Hall–Kier alpha value is -1.62. The third-order valence-electron chi connectivity index (χ3n) is 2.63. The first kappa shape index (κ1) is 12.8. The van der Waals surface area contributed by atoms with Crippen molar-refractivity contribution in [2.75, 3.05) is 0 Å². The first-order chi connectivity index (χ1) is 8.56. The first-order valence-electron chi connectivity index (χ1n) is 5.51. The van der Waals surface area contributed by atoms with E-state index >= 15 is 0 Å². The molecule has 0 aliphatic carbocycles. The van der Waals surface area contributed by atoms with Gasteiger partial charge in [0.2, 0.25) is 0 Å². The van der Waals surface area contributed by atoms with Crippen LogP contribution in [-0.2, 0) is 5.75 Å². The number of hydrogen-bond acceptors (Lipinski definition) is 3. The van der Waals surface area contributed by atoms with E-state index in [2.05, 4.69) is 9.97 Å². The number of H-pyrrole nitrogens is 1. The number of rotatable bonds is 3. The van der Waals surface area contributed by atoms with Gasteiger partial charge in [0.15, 0.2) is 0 Å². The fourth-order valence-corrected chi connectivity index (χ4v) is 2.22. The molecule has 0 atom stereocenters. The zero-order valence-electron chi connectivity index (χ0n) is 10.2. The Morgan fingerprint density at radius 2 is 1.94 bits per heavy atom. The molecule has 0 aliphatic heterocycles. The molecule has 2 rings (SSSR count). The average Bonchev–Trinajstić information content (AvgIpc) is 2.35. The third kappa shape index (κ3) is 2.98. The monoisotopic (exact) mass is 264 g/mol. The minimum Gasteiger partial charge on any atom is -0.310 e. The molecule has 0 saturated carbocycles. The lowest BCUT2D eigenvalue weighted by molar-refractivity contribution is 0.626. The van der Waals surface area contributed by atoms with Crippen molar-refractivity contribution >= 4 is 11.8 Å². The van der Waals surface area contributed by atoms with Crippen LogP contribution in [0.3, 0.4) is 0 Å². The Morgan fingerprint density at radius 1 is 1.28 bits per heavy atom. The van der Waals surface area contributed by atoms with E-state index in [1.54, 1.807) is 19.1 Å². The van der Waals surface area contributed by atoms with Crippen LogP contribution in [-0.4, -0.2) is 9.97 Å². The van der Waals surface area contributed by atoms with Gasteiger partial charge >= 0.3 is 0 Å². The summed E-state index contributed by atoms with van der Waals surface area (Å²) in [5.41, 5.74) is 1.29. The summed E-state index contributed by atoms with van der Waals surface area (Å²) in [5.74, 6) is 0.941. The molecular weight excluding hydrogens is 251 g/mol. The first-order valence-corrected chi connectivity index (χ1v) is 6.49. The highest BCUT2D eigenvalue weighted by molar-refractivity contribution is 7.98. The van der Waals surface area contributed by atoms with Gasteiger partial charge in [0.25, 0.3) is 5.56 Å². The van der Waals surface area contributed by atoms with E-state index in [0.29, 0.717) is 17.1 Å². The number of hydrogen-bond donors (Lipinski definition) is 1.